The standard InChI is InChI=1S/C20H13N2OS/c1-11-14-4-6-24-17(14)9-16-18(11)20-19-13(3-5-22(20)2)7-12(10-21)8-15(19)23-16/h3-9H,1-2H3/q+1. The van der Waals surface area contributed by atoms with Crippen LogP contribution in [0.15, 0.2) is 41.9 Å². The van der Waals surface area contributed by atoms with Crippen LogP contribution >= 0.6 is 11.3 Å². The Morgan fingerprint density at radius 3 is 2.88 bits per heavy atom. The van der Waals surface area contributed by atoms with Gasteiger partial charge in [-0.2, -0.15) is 5.26 Å². The summed E-state index contributed by atoms with van der Waals surface area (Å²) in [5.41, 5.74) is 4.15. The minimum atomic E-state index is 0.620. The van der Waals surface area contributed by atoms with Crippen LogP contribution in [0.3, 0.4) is 0 Å². The third-order valence-electron chi connectivity index (χ3n) is 4.77. The summed E-state index contributed by atoms with van der Waals surface area (Å²) in [5.74, 6) is 1.63. The molecule has 0 N–H and O–H groups in total. The van der Waals surface area contributed by atoms with E-state index in [-0.39, 0.29) is 0 Å². The SMILES string of the molecule is Cc1c2c(cc3sccc13)Oc1cc(C#N)cc3cc[n+](C)c-2c13. The molecule has 0 atom stereocenters. The lowest BCUT2D eigenvalue weighted by atomic mass is 9.93. The van der Waals surface area contributed by atoms with Crippen molar-refractivity contribution in [3.63, 3.8) is 0 Å². The summed E-state index contributed by atoms with van der Waals surface area (Å²) in [5, 5.41) is 14.8. The summed E-state index contributed by atoms with van der Waals surface area (Å²) in [7, 11) is 2.06. The number of aryl methyl sites for hydroxylation is 2. The lowest BCUT2D eigenvalue weighted by Gasteiger charge is -2.21. The van der Waals surface area contributed by atoms with Crippen LogP contribution in [0, 0.1) is 18.3 Å². The van der Waals surface area contributed by atoms with Crippen molar-refractivity contribution in [1.82, 2.24) is 0 Å². The van der Waals surface area contributed by atoms with Crippen LogP contribution in [0.1, 0.15) is 11.1 Å². The van der Waals surface area contributed by atoms with E-state index in [0.717, 1.165) is 33.5 Å². The second-order valence-corrected chi connectivity index (χ2v) is 7.08. The van der Waals surface area contributed by atoms with Gasteiger partial charge in [0.1, 0.15) is 18.5 Å². The molecule has 2 aromatic heterocycles. The number of hydrogen-bond acceptors (Lipinski definition) is 3. The van der Waals surface area contributed by atoms with E-state index in [9.17, 15) is 5.26 Å². The van der Waals surface area contributed by atoms with Crippen LogP contribution in [-0.4, -0.2) is 0 Å². The molecule has 5 rings (SSSR count). The number of rotatable bonds is 0. The molecule has 3 heterocycles. The predicted octanol–water partition coefficient (Wildman–Crippen LogP) is 4.83. The zero-order valence-corrected chi connectivity index (χ0v) is 14.1. The van der Waals surface area contributed by atoms with E-state index in [1.54, 1.807) is 11.3 Å². The van der Waals surface area contributed by atoms with Gasteiger partial charge in [0.25, 0.3) is 0 Å². The maximum absolute atomic E-state index is 9.30. The molecule has 24 heavy (non-hydrogen) atoms. The quantitative estimate of drug-likeness (QED) is 0.382. The minimum absolute atomic E-state index is 0.620. The largest absolute Gasteiger partial charge is 0.455 e. The first-order valence-electron chi connectivity index (χ1n) is 7.73. The molecule has 3 nitrogen and oxygen atoms in total. The topological polar surface area (TPSA) is 36.9 Å². The van der Waals surface area contributed by atoms with Crippen molar-refractivity contribution >= 4 is 32.2 Å². The Bertz CT molecular complexity index is 1210. The van der Waals surface area contributed by atoms with E-state index in [2.05, 4.69) is 48.3 Å². The second kappa shape index (κ2) is 4.56. The molecular weight excluding hydrogens is 316 g/mol. The first-order chi connectivity index (χ1) is 11.7. The van der Waals surface area contributed by atoms with Gasteiger partial charge >= 0.3 is 0 Å². The average Bonchev–Trinajstić information content (AvgIpc) is 3.05. The maximum Gasteiger partial charge on any atom is 0.228 e. The second-order valence-electron chi connectivity index (χ2n) is 6.13. The van der Waals surface area contributed by atoms with Gasteiger partial charge < -0.3 is 4.74 Å². The van der Waals surface area contributed by atoms with E-state index in [1.165, 1.54) is 15.6 Å². The third kappa shape index (κ3) is 1.62. The van der Waals surface area contributed by atoms with Crippen molar-refractivity contribution in [2.45, 2.75) is 6.92 Å². The smallest absolute Gasteiger partial charge is 0.228 e. The Morgan fingerprint density at radius 2 is 2.04 bits per heavy atom. The molecule has 2 aromatic carbocycles. The number of pyridine rings is 1. The summed E-state index contributed by atoms with van der Waals surface area (Å²) in [6.45, 7) is 2.16. The van der Waals surface area contributed by atoms with Gasteiger partial charge in [-0.15, -0.1) is 11.3 Å². The average molecular weight is 329 g/mol. The Kier molecular flexibility index (Phi) is 2.57. The molecule has 114 valence electrons. The normalized spacial score (nSPS) is 12.0. The monoisotopic (exact) mass is 329 g/mol. The van der Waals surface area contributed by atoms with Crippen LogP contribution in [-0.2, 0) is 7.05 Å². The Labute approximate surface area is 143 Å². The number of hydrogen-bond donors (Lipinski definition) is 0. The Balaban J connectivity index is 2.01. The maximum atomic E-state index is 9.30. The van der Waals surface area contributed by atoms with Crippen LogP contribution in [0.5, 0.6) is 11.5 Å². The Hall–Kier alpha value is -2.90. The lowest BCUT2D eigenvalue weighted by Crippen LogP contribution is -2.31. The van der Waals surface area contributed by atoms with Gasteiger partial charge in [-0.1, -0.05) is 0 Å². The molecule has 4 heteroatoms. The van der Waals surface area contributed by atoms with Crippen molar-refractivity contribution in [3.8, 4) is 28.8 Å². The fraction of sp³-hybridized carbons (Fsp3) is 0.100. The first kappa shape index (κ1) is 13.5. The zero-order valence-electron chi connectivity index (χ0n) is 13.3. The molecule has 0 bridgehead atoms. The van der Waals surface area contributed by atoms with Gasteiger partial charge in [0, 0.05) is 10.8 Å². The molecule has 0 unspecified atom stereocenters. The van der Waals surface area contributed by atoms with Crippen molar-refractivity contribution in [2.24, 2.45) is 7.05 Å². The lowest BCUT2D eigenvalue weighted by molar-refractivity contribution is -0.659. The highest BCUT2D eigenvalue weighted by molar-refractivity contribution is 7.17. The molecule has 1 aliphatic heterocycles. The molecule has 0 radical (unpaired) electrons. The van der Waals surface area contributed by atoms with Crippen LogP contribution in [0.25, 0.3) is 32.1 Å². The number of aromatic nitrogens is 1. The van der Waals surface area contributed by atoms with Gasteiger partial charge in [0.2, 0.25) is 5.69 Å². The molecule has 0 saturated heterocycles. The van der Waals surface area contributed by atoms with E-state index in [1.807, 2.05) is 18.2 Å². The number of nitrogens with zero attached hydrogens (tertiary/aromatic N) is 2. The molecule has 4 aromatic rings. The third-order valence-corrected chi connectivity index (χ3v) is 5.63. The van der Waals surface area contributed by atoms with Crippen LogP contribution < -0.4 is 9.30 Å². The number of benzene rings is 2. The molecule has 1 aliphatic rings. The summed E-state index contributed by atoms with van der Waals surface area (Å²) in [6.07, 6.45) is 2.05. The highest BCUT2D eigenvalue weighted by atomic mass is 32.1. The zero-order chi connectivity index (χ0) is 16.4. The molecular formula is C20H13N2OS+. The van der Waals surface area contributed by atoms with Crippen LogP contribution in [0.2, 0.25) is 0 Å². The molecule has 0 aliphatic carbocycles. The summed E-state index contributed by atoms with van der Waals surface area (Å²) < 4.78 is 9.61. The molecule has 0 spiro atoms. The van der Waals surface area contributed by atoms with Gasteiger partial charge in [0.05, 0.1) is 22.6 Å². The van der Waals surface area contributed by atoms with E-state index in [4.69, 9.17) is 4.74 Å². The highest BCUT2D eigenvalue weighted by Crippen LogP contribution is 2.49. The molecule has 0 saturated carbocycles. The van der Waals surface area contributed by atoms with Gasteiger partial charge in [-0.25, -0.2) is 4.57 Å². The highest BCUT2D eigenvalue weighted by Gasteiger charge is 2.30. The Morgan fingerprint density at radius 1 is 1.17 bits per heavy atom. The fourth-order valence-electron chi connectivity index (χ4n) is 3.66. The summed E-state index contributed by atoms with van der Waals surface area (Å²) in [4.78, 5) is 0. The van der Waals surface area contributed by atoms with Crippen molar-refractivity contribution in [3.05, 3.63) is 53.0 Å². The van der Waals surface area contributed by atoms with Gasteiger partial charge in [-0.3, -0.25) is 0 Å². The van der Waals surface area contributed by atoms with Gasteiger partial charge in [-0.05, 0) is 52.9 Å². The van der Waals surface area contributed by atoms with Crippen molar-refractivity contribution in [2.75, 3.05) is 0 Å². The molecule has 0 amide bonds. The van der Waals surface area contributed by atoms with E-state index >= 15 is 0 Å². The first-order valence-corrected chi connectivity index (χ1v) is 8.61. The van der Waals surface area contributed by atoms with E-state index < -0.39 is 0 Å². The summed E-state index contributed by atoms with van der Waals surface area (Å²) >= 11 is 1.72. The molecule has 0 fully saturated rings. The van der Waals surface area contributed by atoms with Crippen molar-refractivity contribution < 1.29 is 9.30 Å². The minimum Gasteiger partial charge on any atom is -0.455 e. The van der Waals surface area contributed by atoms with E-state index in [0.29, 0.717) is 5.56 Å². The number of ether oxygens (including phenoxy) is 1. The number of thiophene rings is 1. The van der Waals surface area contributed by atoms with Crippen LogP contribution in [0.4, 0.5) is 0 Å². The summed E-state index contributed by atoms with van der Waals surface area (Å²) in [6, 6.07) is 12.3. The number of fused-ring (bicyclic) bond motifs is 3. The van der Waals surface area contributed by atoms with Gasteiger partial charge in [0.15, 0.2) is 6.20 Å². The predicted molar refractivity (Wildman–Crippen MR) is 95.5 cm³/mol. The number of nitriles is 1. The fourth-order valence-corrected chi connectivity index (χ4v) is 4.53. The van der Waals surface area contributed by atoms with Crippen molar-refractivity contribution in [1.29, 1.82) is 5.26 Å².